The minimum atomic E-state index is -1.09. The van der Waals surface area contributed by atoms with Crippen molar-refractivity contribution in [2.75, 3.05) is 20.3 Å². The van der Waals surface area contributed by atoms with Crippen LogP contribution in [-0.2, 0) is 23.8 Å². The number of esters is 1. The zero-order valence-electron chi connectivity index (χ0n) is 14.7. The predicted octanol–water partition coefficient (Wildman–Crippen LogP) is 2.45. The number of rotatable bonds is 5. The van der Waals surface area contributed by atoms with Gasteiger partial charge in [0.2, 0.25) is 5.88 Å². The van der Waals surface area contributed by atoms with E-state index in [0.29, 0.717) is 18.6 Å². The van der Waals surface area contributed by atoms with Gasteiger partial charge in [-0.3, -0.25) is 4.79 Å². The van der Waals surface area contributed by atoms with Gasteiger partial charge < -0.3 is 19.9 Å². The Bertz CT molecular complexity index is 847. The number of ketones is 1. The first kappa shape index (κ1) is 19.0. The summed E-state index contributed by atoms with van der Waals surface area (Å²) in [6.45, 7) is 0.138. The molecule has 1 atom stereocenters. The van der Waals surface area contributed by atoms with E-state index in [1.54, 1.807) is 0 Å². The molecule has 0 unspecified atom stereocenters. The molecule has 144 valence electrons. The van der Waals surface area contributed by atoms with Crippen LogP contribution in [0.1, 0.15) is 30.7 Å². The number of hydrogen-bond acceptors (Lipinski definition) is 6. The summed E-state index contributed by atoms with van der Waals surface area (Å²) < 4.78 is 42.7. The van der Waals surface area contributed by atoms with Crippen molar-refractivity contribution in [3.63, 3.8) is 0 Å². The van der Waals surface area contributed by atoms with Crippen LogP contribution in [-0.4, -0.2) is 32.1 Å². The third kappa shape index (κ3) is 3.71. The number of methoxy groups -OCH3 is 1. The second kappa shape index (κ2) is 7.87. The average molecular weight is 379 g/mol. The molecule has 0 saturated heterocycles. The van der Waals surface area contributed by atoms with E-state index in [1.165, 1.54) is 13.2 Å². The molecule has 27 heavy (non-hydrogen) atoms. The number of allylic oxidation sites excluding steroid dienone is 2. The summed E-state index contributed by atoms with van der Waals surface area (Å²) in [6, 6.07) is 3.21. The number of ether oxygens (including phenoxy) is 3. The molecule has 0 amide bonds. The minimum Gasteiger partial charge on any atom is -0.460 e. The van der Waals surface area contributed by atoms with Crippen LogP contribution in [0.4, 0.5) is 8.78 Å². The molecule has 1 aromatic rings. The molecular formula is C19H19F2NO5. The maximum atomic E-state index is 13.8. The third-order valence-electron chi connectivity index (χ3n) is 4.50. The summed E-state index contributed by atoms with van der Waals surface area (Å²) in [7, 11) is 1.45. The Morgan fingerprint density at radius 1 is 1.26 bits per heavy atom. The summed E-state index contributed by atoms with van der Waals surface area (Å²) in [5.74, 6) is -3.98. The first-order valence-electron chi connectivity index (χ1n) is 8.48. The van der Waals surface area contributed by atoms with Gasteiger partial charge in [-0.25, -0.2) is 13.6 Å². The van der Waals surface area contributed by atoms with Gasteiger partial charge in [0.25, 0.3) is 0 Å². The molecule has 6 nitrogen and oxygen atoms in total. The van der Waals surface area contributed by atoms with Crippen LogP contribution >= 0.6 is 0 Å². The molecule has 0 bridgehead atoms. The topological polar surface area (TPSA) is 87.8 Å². The fourth-order valence-corrected chi connectivity index (χ4v) is 3.28. The lowest BCUT2D eigenvalue weighted by Crippen LogP contribution is -2.32. The quantitative estimate of drug-likeness (QED) is 0.625. The highest BCUT2D eigenvalue weighted by Crippen LogP contribution is 2.44. The number of nitrogens with two attached hydrogens (primary N) is 1. The predicted molar refractivity (Wildman–Crippen MR) is 90.1 cm³/mol. The standard InChI is InChI=1S/C19H19F2NO5/c1-25-7-8-26-19(24)17-15(10-5-6-11(20)12(21)9-10)16-13(23)3-2-4-14(16)27-18(17)22/h5-6,9,15H,2-4,7-8,22H2,1H3/t15-/m0/s1. The molecule has 0 spiro atoms. The number of carbonyl (C=O) groups excluding carboxylic acids is 2. The van der Waals surface area contributed by atoms with Crippen LogP contribution in [0.2, 0.25) is 0 Å². The van der Waals surface area contributed by atoms with E-state index in [0.717, 1.165) is 12.1 Å². The largest absolute Gasteiger partial charge is 0.460 e. The van der Waals surface area contributed by atoms with Crippen LogP contribution in [0, 0.1) is 11.6 Å². The highest BCUT2D eigenvalue weighted by Gasteiger charge is 2.41. The summed E-state index contributed by atoms with van der Waals surface area (Å²) in [6.07, 6.45) is 1.32. The molecule has 0 radical (unpaired) electrons. The Balaban J connectivity index is 2.08. The van der Waals surface area contributed by atoms with E-state index in [2.05, 4.69) is 0 Å². The zero-order valence-corrected chi connectivity index (χ0v) is 14.7. The second-order valence-corrected chi connectivity index (χ2v) is 6.23. The lowest BCUT2D eigenvalue weighted by Gasteiger charge is -2.32. The molecule has 2 aliphatic rings. The van der Waals surface area contributed by atoms with E-state index in [9.17, 15) is 18.4 Å². The van der Waals surface area contributed by atoms with Gasteiger partial charge in [0.05, 0.1) is 12.5 Å². The summed E-state index contributed by atoms with van der Waals surface area (Å²) in [4.78, 5) is 25.2. The van der Waals surface area contributed by atoms with Crippen molar-refractivity contribution in [1.82, 2.24) is 0 Å². The van der Waals surface area contributed by atoms with Crippen molar-refractivity contribution >= 4 is 11.8 Å². The first-order chi connectivity index (χ1) is 12.9. The Kier molecular flexibility index (Phi) is 5.55. The fraction of sp³-hybridized carbons (Fsp3) is 0.368. The molecule has 1 aliphatic heterocycles. The van der Waals surface area contributed by atoms with Gasteiger partial charge in [-0.2, -0.15) is 0 Å². The lowest BCUT2D eigenvalue weighted by molar-refractivity contribution is -0.140. The molecule has 0 saturated carbocycles. The van der Waals surface area contributed by atoms with Crippen LogP contribution in [0.25, 0.3) is 0 Å². The average Bonchev–Trinajstić information content (AvgIpc) is 2.63. The van der Waals surface area contributed by atoms with Crippen LogP contribution in [0.3, 0.4) is 0 Å². The van der Waals surface area contributed by atoms with Gasteiger partial charge in [-0.15, -0.1) is 0 Å². The Hall–Kier alpha value is -2.74. The van der Waals surface area contributed by atoms with Gasteiger partial charge in [0.15, 0.2) is 17.4 Å². The van der Waals surface area contributed by atoms with Gasteiger partial charge in [0.1, 0.15) is 17.9 Å². The van der Waals surface area contributed by atoms with Crippen molar-refractivity contribution in [1.29, 1.82) is 0 Å². The second-order valence-electron chi connectivity index (χ2n) is 6.23. The normalized spacial score (nSPS) is 19.7. The highest BCUT2D eigenvalue weighted by molar-refractivity contribution is 6.03. The van der Waals surface area contributed by atoms with Crippen molar-refractivity contribution in [2.45, 2.75) is 25.2 Å². The number of Topliss-reactive ketones (excluding diaryl/α,β-unsaturated/α-hetero) is 1. The SMILES string of the molecule is COCCOC(=O)C1=C(N)OC2=C(C(=O)CCC2)[C@@H]1c1ccc(F)c(F)c1. The van der Waals surface area contributed by atoms with Gasteiger partial charge in [-0.05, 0) is 24.1 Å². The Labute approximate surface area is 154 Å². The zero-order chi connectivity index (χ0) is 19.6. The van der Waals surface area contributed by atoms with Gasteiger partial charge in [-0.1, -0.05) is 6.07 Å². The molecule has 1 aromatic carbocycles. The third-order valence-corrected chi connectivity index (χ3v) is 4.50. The van der Waals surface area contributed by atoms with Crippen LogP contribution < -0.4 is 5.73 Å². The molecular weight excluding hydrogens is 360 g/mol. The number of carbonyl (C=O) groups is 2. The van der Waals surface area contributed by atoms with Crippen molar-refractivity contribution in [3.05, 3.63) is 58.2 Å². The Morgan fingerprint density at radius 3 is 2.74 bits per heavy atom. The van der Waals surface area contributed by atoms with Crippen molar-refractivity contribution in [2.24, 2.45) is 5.73 Å². The van der Waals surface area contributed by atoms with E-state index < -0.39 is 23.5 Å². The Morgan fingerprint density at radius 2 is 2.04 bits per heavy atom. The number of hydrogen-bond donors (Lipinski definition) is 1. The molecule has 3 rings (SSSR count). The molecule has 2 N–H and O–H groups in total. The summed E-state index contributed by atoms with van der Waals surface area (Å²) >= 11 is 0. The van der Waals surface area contributed by atoms with Crippen LogP contribution in [0.5, 0.6) is 0 Å². The van der Waals surface area contributed by atoms with E-state index in [-0.39, 0.29) is 48.0 Å². The van der Waals surface area contributed by atoms with Crippen LogP contribution in [0.15, 0.2) is 41.0 Å². The highest BCUT2D eigenvalue weighted by atomic mass is 19.2. The fourth-order valence-electron chi connectivity index (χ4n) is 3.28. The summed E-state index contributed by atoms with van der Waals surface area (Å²) in [5, 5.41) is 0. The van der Waals surface area contributed by atoms with E-state index in [1.807, 2.05) is 0 Å². The van der Waals surface area contributed by atoms with E-state index in [4.69, 9.17) is 19.9 Å². The first-order valence-corrected chi connectivity index (χ1v) is 8.48. The van der Waals surface area contributed by atoms with Gasteiger partial charge in [0, 0.05) is 25.5 Å². The molecule has 0 fully saturated rings. The summed E-state index contributed by atoms with van der Waals surface area (Å²) in [5.41, 5.74) is 6.30. The lowest BCUT2D eigenvalue weighted by atomic mass is 9.77. The molecule has 1 aliphatic carbocycles. The molecule has 1 heterocycles. The monoisotopic (exact) mass is 379 g/mol. The minimum absolute atomic E-state index is 0.0313. The van der Waals surface area contributed by atoms with E-state index >= 15 is 0 Å². The molecule has 8 heteroatoms. The van der Waals surface area contributed by atoms with Gasteiger partial charge >= 0.3 is 5.97 Å². The molecule has 0 aromatic heterocycles. The smallest absolute Gasteiger partial charge is 0.340 e. The maximum absolute atomic E-state index is 13.8. The number of halogens is 2. The maximum Gasteiger partial charge on any atom is 0.340 e. The van der Waals surface area contributed by atoms with Crippen molar-refractivity contribution in [3.8, 4) is 0 Å². The number of benzene rings is 1. The van der Waals surface area contributed by atoms with Crippen molar-refractivity contribution < 1.29 is 32.6 Å².